The van der Waals surface area contributed by atoms with Gasteiger partial charge in [-0.1, -0.05) is 11.6 Å². The van der Waals surface area contributed by atoms with E-state index in [1.807, 2.05) is 0 Å². The molecule has 3 heterocycles. The van der Waals surface area contributed by atoms with Gasteiger partial charge in [-0.25, -0.2) is 8.42 Å². The fourth-order valence-corrected chi connectivity index (χ4v) is 6.98. The molecule has 168 valence electrons. The summed E-state index contributed by atoms with van der Waals surface area (Å²) < 4.78 is 29.3. The molecule has 2 atom stereocenters. The standard InChI is InChI=1S/C20H24ClN3O5S2/c21-14-5-6-17-13(9-14)10-19(30-17)31(28,29)22-16-4-2-7-23(20(16)27)11-18(26)24-8-1-3-15(24)12-25/h5-6,9-10,15-16,22,25H,1-4,7-8,11-12H2. The molecule has 2 amide bonds. The molecule has 1 aromatic heterocycles. The molecule has 2 N–H and O–H groups in total. The van der Waals surface area contributed by atoms with Crippen molar-refractivity contribution in [3.63, 3.8) is 0 Å². The van der Waals surface area contributed by atoms with Gasteiger partial charge in [0.25, 0.3) is 10.0 Å². The van der Waals surface area contributed by atoms with Crippen molar-refractivity contribution in [2.24, 2.45) is 0 Å². The minimum absolute atomic E-state index is 0.0948. The first kappa shape index (κ1) is 22.5. The second-order valence-corrected chi connectivity index (χ2v) is 11.4. The van der Waals surface area contributed by atoms with Crippen LogP contribution in [0.15, 0.2) is 28.5 Å². The third-order valence-electron chi connectivity index (χ3n) is 5.78. The van der Waals surface area contributed by atoms with Crippen LogP contribution in [0.25, 0.3) is 10.1 Å². The minimum atomic E-state index is -3.90. The van der Waals surface area contributed by atoms with Crippen molar-refractivity contribution in [2.75, 3.05) is 26.2 Å². The third kappa shape index (κ3) is 4.73. The van der Waals surface area contributed by atoms with Gasteiger partial charge in [0, 0.05) is 22.8 Å². The van der Waals surface area contributed by atoms with Gasteiger partial charge >= 0.3 is 0 Å². The van der Waals surface area contributed by atoms with Crippen LogP contribution in [0.2, 0.25) is 5.02 Å². The molecule has 2 unspecified atom stereocenters. The number of nitrogens with one attached hydrogen (secondary N) is 1. The maximum Gasteiger partial charge on any atom is 0.250 e. The summed E-state index contributed by atoms with van der Waals surface area (Å²) in [4.78, 5) is 28.6. The number of hydrogen-bond acceptors (Lipinski definition) is 6. The Morgan fingerprint density at radius 3 is 2.77 bits per heavy atom. The van der Waals surface area contributed by atoms with E-state index in [2.05, 4.69) is 4.72 Å². The average molecular weight is 486 g/mol. The molecule has 0 bridgehead atoms. The normalized spacial score (nSPS) is 22.5. The van der Waals surface area contributed by atoms with Gasteiger partial charge in [0.15, 0.2) is 0 Å². The van der Waals surface area contributed by atoms with E-state index in [0.717, 1.165) is 34.3 Å². The summed E-state index contributed by atoms with van der Waals surface area (Å²) in [6.07, 6.45) is 2.55. The number of rotatable bonds is 6. The molecular formula is C20H24ClN3O5S2. The van der Waals surface area contributed by atoms with E-state index in [-0.39, 0.29) is 29.3 Å². The number of hydrogen-bond donors (Lipinski definition) is 2. The summed E-state index contributed by atoms with van der Waals surface area (Å²) in [6.45, 7) is 0.775. The maximum absolute atomic E-state index is 12.9. The first-order chi connectivity index (χ1) is 14.8. The molecular weight excluding hydrogens is 462 g/mol. The Morgan fingerprint density at radius 2 is 2.00 bits per heavy atom. The molecule has 4 rings (SSSR count). The second kappa shape index (κ2) is 9.03. The molecule has 2 aliphatic heterocycles. The lowest BCUT2D eigenvalue weighted by molar-refractivity contribution is -0.143. The van der Waals surface area contributed by atoms with Gasteiger partial charge in [0.2, 0.25) is 11.8 Å². The van der Waals surface area contributed by atoms with Crippen LogP contribution in [-0.2, 0) is 19.6 Å². The van der Waals surface area contributed by atoms with E-state index in [9.17, 15) is 23.1 Å². The molecule has 1 aromatic carbocycles. The van der Waals surface area contributed by atoms with Gasteiger partial charge in [-0.05, 0) is 55.3 Å². The lowest BCUT2D eigenvalue weighted by Gasteiger charge is -2.33. The highest BCUT2D eigenvalue weighted by molar-refractivity contribution is 7.91. The number of sulfonamides is 1. The number of likely N-dealkylation sites (tertiary alicyclic amines) is 2. The van der Waals surface area contributed by atoms with Gasteiger partial charge in [0.05, 0.1) is 19.2 Å². The Bertz CT molecular complexity index is 1100. The zero-order valence-corrected chi connectivity index (χ0v) is 19.2. The second-order valence-electron chi connectivity index (χ2n) is 7.89. The van der Waals surface area contributed by atoms with Crippen molar-refractivity contribution >= 4 is 54.9 Å². The molecule has 8 nitrogen and oxygen atoms in total. The third-order valence-corrected chi connectivity index (χ3v) is 9.08. The number of aliphatic hydroxyl groups excluding tert-OH is 1. The molecule has 31 heavy (non-hydrogen) atoms. The highest BCUT2D eigenvalue weighted by Gasteiger charge is 2.36. The molecule has 11 heteroatoms. The summed E-state index contributed by atoms with van der Waals surface area (Å²) in [6, 6.07) is 5.59. The fraction of sp³-hybridized carbons (Fsp3) is 0.500. The number of fused-ring (bicyclic) bond motifs is 1. The highest BCUT2D eigenvalue weighted by Crippen LogP contribution is 2.31. The molecule has 2 aliphatic rings. The van der Waals surface area contributed by atoms with Crippen LogP contribution in [0, 0.1) is 0 Å². The fourth-order valence-electron chi connectivity index (χ4n) is 4.18. The molecule has 2 saturated heterocycles. The van der Waals surface area contributed by atoms with Crippen molar-refractivity contribution < 1.29 is 23.1 Å². The average Bonchev–Trinajstić information content (AvgIpc) is 3.37. The molecule has 0 saturated carbocycles. The van der Waals surface area contributed by atoms with Crippen molar-refractivity contribution in [2.45, 2.75) is 42.0 Å². The van der Waals surface area contributed by atoms with Crippen molar-refractivity contribution in [1.82, 2.24) is 14.5 Å². The van der Waals surface area contributed by atoms with Crippen molar-refractivity contribution in [3.8, 4) is 0 Å². The molecule has 0 spiro atoms. The van der Waals surface area contributed by atoms with Crippen LogP contribution in [0.5, 0.6) is 0 Å². The van der Waals surface area contributed by atoms with Gasteiger partial charge in [-0.2, -0.15) is 4.72 Å². The first-order valence-corrected chi connectivity index (χ1v) is 12.9. The van der Waals surface area contributed by atoms with Gasteiger partial charge in [-0.3, -0.25) is 9.59 Å². The molecule has 0 aliphatic carbocycles. The molecule has 2 fully saturated rings. The maximum atomic E-state index is 12.9. The number of aliphatic hydroxyl groups is 1. The SMILES string of the molecule is O=C1C(NS(=O)(=O)c2cc3cc(Cl)ccc3s2)CCCN1CC(=O)N1CCCC1CO. The Hall–Kier alpha value is -1.72. The lowest BCUT2D eigenvalue weighted by atomic mass is 10.1. The summed E-state index contributed by atoms with van der Waals surface area (Å²) in [7, 11) is -3.90. The summed E-state index contributed by atoms with van der Waals surface area (Å²) >= 11 is 7.10. The zero-order chi connectivity index (χ0) is 22.2. The number of piperidine rings is 1. The van der Waals surface area contributed by atoms with Crippen LogP contribution in [0.1, 0.15) is 25.7 Å². The van der Waals surface area contributed by atoms with Crippen molar-refractivity contribution in [3.05, 3.63) is 29.3 Å². The van der Waals surface area contributed by atoms with Crippen LogP contribution in [0.4, 0.5) is 0 Å². The van der Waals surface area contributed by atoms with Crippen LogP contribution >= 0.6 is 22.9 Å². The monoisotopic (exact) mass is 485 g/mol. The minimum Gasteiger partial charge on any atom is -0.394 e. The van der Waals surface area contributed by atoms with E-state index in [4.69, 9.17) is 11.6 Å². The lowest BCUT2D eigenvalue weighted by Crippen LogP contribution is -2.55. The molecule has 0 radical (unpaired) electrons. The first-order valence-electron chi connectivity index (χ1n) is 10.2. The van der Waals surface area contributed by atoms with E-state index >= 15 is 0 Å². The summed E-state index contributed by atoms with van der Waals surface area (Å²) in [5.74, 6) is -0.609. The van der Waals surface area contributed by atoms with Gasteiger partial charge in [-0.15, -0.1) is 11.3 Å². The Kier molecular flexibility index (Phi) is 6.55. The van der Waals surface area contributed by atoms with E-state index in [1.165, 1.54) is 4.90 Å². The zero-order valence-electron chi connectivity index (χ0n) is 16.8. The summed E-state index contributed by atoms with van der Waals surface area (Å²) in [5, 5.41) is 10.7. The number of halogens is 1. The van der Waals surface area contributed by atoms with Gasteiger partial charge < -0.3 is 14.9 Å². The van der Waals surface area contributed by atoms with E-state index in [0.29, 0.717) is 31.0 Å². The van der Waals surface area contributed by atoms with E-state index in [1.54, 1.807) is 29.2 Å². The highest BCUT2D eigenvalue weighted by atomic mass is 35.5. The Morgan fingerprint density at radius 1 is 1.23 bits per heavy atom. The van der Waals surface area contributed by atoms with Crippen molar-refractivity contribution in [1.29, 1.82) is 0 Å². The van der Waals surface area contributed by atoms with Crippen LogP contribution < -0.4 is 4.72 Å². The quantitative estimate of drug-likeness (QED) is 0.649. The number of thiophene rings is 1. The predicted octanol–water partition coefficient (Wildman–Crippen LogP) is 1.81. The van der Waals surface area contributed by atoms with Gasteiger partial charge in [0.1, 0.15) is 10.3 Å². The number of amides is 2. The Labute approximate surface area is 189 Å². The predicted molar refractivity (Wildman–Crippen MR) is 119 cm³/mol. The number of carbonyl (C=O) groups is 2. The molecule has 2 aromatic rings. The largest absolute Gasteiger partial charge is 0.394 e. The smallest absolute Gasteiger partial charge is 0.250 e. The van der Waals surface area contributed by atoms with Crippen LogP contribution in [0.3, 0.4) is 0 Å². The number of nitrogens with zero attached hydrogens (tertiary/aromatic N) is 2. The number of benzene rings is 1. The summed E-state index contributed by atoms with van der Waals surface area (Å²) in [5.41, 5.74) is 0. The topological polar surface area (TPSA) is 107 Å². The Balaban J connectivity index is 1.45. The van der Waals surface area contributed by atoms with E-state index < -0.39 is 22.0 Å². The number of carbonyl (C=O) groups excluding carboxylic acids is 2. The van der Waals surface area contributed by atoms with Crippen LogP contribution in [-0.4, -0.2) is 73.5 Å².